The van der Waals surface area contributed by atoms with Crippen LogP contribution in [0, 0.1) is 6.92 Å². The summed E-state index contributed by atoms with van der Waals surface area (Å²) in [6.45, 7) is 2.95. The van der Waals surface area contributed by atoms with Crippen molar-refractivity contribution in [3.8, 4) is 5.75 Å². The number of aryl methyl sites for hydroxylation is 1. The monoisotopic (exact) mass is 303 g/mol. The maximum Gasteiger partial charge on any atom is 0.315 e. The minimum atomic E-state index is -0.171. The van der Waals surface area contributed by atoms with Crippen molar-refractivity contribution in [1.29, 1.82) is 0 Å². The third kappa shape index (κ3) is 3.33. The van der Waals surface area contributed by atoms with Crippen molar-refractivity contribution in [2.45, 2.75) is 25.9 Å². The molecule has 1 atom stereocenters. The summed E-state index contributed by atoms with van der Waals surface area (Å²) in [5.41, 5.74) is 3.89. The summed E-state index contributed by atoms with van der Waals surface area (Å²) in [7, 11) is 0. The summed E-state index contributed by atoms with van der Waals surface area (Å²) >= 11 is 1.55. The van der Waals surface area contributed by atoms with E-state index in [-0.39, 0.29) is 12.1 Å². The fourth-order valence-corrected chi connectivity index (χ4v) is 3.03. The Morgan fingerprint density at radius 1 is 1.48 bits per heavy atom. The fraction of sp³-hybridized carbons (Fsp3) is 0.333. The van der Waals surface area contributed by atoms with Gasteiger partial charge in [0, 0.05) is 4.88 Å². The minimum Gasteiger partial charge on any atom is -0.491 e. The molecular weight excluding hydrogens is 286 g/mol. The second-order valence-corrected chi connectivity index (χ2v) is 5.95. The lowest BCUT2D eigenvalue weighted by atomic mass is 10.0. The highest BCUT2D eigenvalue weighted by atomic mass is 32.1. The van der Waals surface area contributed by atoms with Gasteiger partial charge in [-0.25, -0.2) is 9.78 Å². The average Bonchev–Trinajstić information content (AvgIpc) is 2.90. The molecular formula is C15H17N3O2S. The van der Waals surface area contributed by atoms with E-state index >= 15 is 0 Å². The van der Waals surface area contributed by atoms with Gasteiger partial charge in [0.15, 0.2) is 0 Å². The zero-order chi connectivity index (χ0) is 14.7. The Bertz CT molecular complexity index is 641. The van der Waals surface area contributed by atoms with E-state index in [1.54, 1.807) is 16.8 Å². The van der Waals surface area contributed by atoms with E-state index < -0.39 is 0 Å². The number of nitrogens with one attached hydrogen (secondary N) is 2. The van der Waals surface area contributed by atoms with Gasteiger partial charge in [0.05, 0.1) is 23.8 Å². The first-order valence-electron chi connectivity index (χ1n) is 6.86. The molecule has 2 heterocycles. The Labute approximate surface area is 127 Å². The third-order valence-electron chi connectivity index (χ3n) is 3.47. The van der Waals surface area contributed by atoms with Crippen molar-refractivity contribution in [3.05, 3.63) is 45.9 Å². The highest BCUT2D eigenvalue weighted by Crippen LogP contribution is 2.23. The number of ether oxygens (including phenoxy) is 1. The Hall–Kier alpha value is -2.08. The van der Waals surface area contributed by atoms with Gasteiger partial charge in [-0.3, -0.25) is 0 Å². The van der Waals surface area contributed by atoms with Crippen molar-refractivity contribution < 1.29 is 9.53 Å². The lowest BCUT2D eigenvalue weighted by Crippen LogP contribution is -2.47. The van der Waals surface area contributed by atoms with E-state index in [0.29, 0.717) is 13.2 Å². The van der Waals surface area contributed by atoms with E-state index in [1.807, 2.05) is 31.2 Å². The third-order valence-corrected chi connectivity index (χ3v) is 4.40. The molecule has 0 saturated carbocycles. The molecule has 2 N–H and O–H groups in total. The van der Waals surface area contributed by atoms with Crippen LogP contribution in [0.1, 0.15) is 16.1 Å². The number of thiazole rings is 1. The molecule has 1 aliphatic heterocycles. The predicted octanol–water partition coefficient (Wildman–Crippen LogP) is 2.25. The molecule has 0 aliphatic carbocycles. The number of amides is 2. The molecule has 1 aromatic carbocycles. The number of carbonyl (C=O) groups is 1. The van der Waals surface area contributed by atoms with Gasteiger partial charge in [0.25, 0.3) is 0 Å². The maximum atomic E-state index is 11.9. The van der Waals surface area contributed by atoms with Gasteiger partial charge in [-0.05, 0) is 25.0 Å². The first kappa shape index (κ1) is 13.9. The van der Waals surface area contributed by atoms with Crippen LogP contribution in [0.25, 0.3) is 0 Å². The van der Waals surface area contributed by atoms with Crippen molar-refractivity contribution in [2.75, 3.05) is 6.61 Å². The number of hydrogen-bond acceptors (Lipinski definition) is 4. The fourth-order valence-electron chi connectivity index (χ4n) is 2.31. The number of hydrogen-bond donors (Lipinski definition) is 2. The molecule has 110 valence electrons. The number of nitrogens with zero attached hydrogens (tertiary/aromatic N) is 1. The van der Waals surface area contributed by atoms with Gasteiger partial charge in [0.2, 0.25) is 0 Å². The molecule has 1 aliphatic rings. The second-order valence-electron chi connectivity index (χ2n) is 5.01. The number of benzene rings is 1. The Kier molecular flexibility index (Phi) is 4.06. The molecule has 1 aromatic heterocycles. The standard InChI is InChI=1S/C15H17N3O2S/c1-10-14(21-9-17-10)7-16-15(19)18-12-6-11-4-2-3-5-13(11)20-8-12/h2-5,9,12H,6-8H2,1H3,(H2,16,18,19). The Morgan fingerprint density at radius 3 is 3.14 bits per heavy atom. The molecule has 0 radical (unpaired) electrons. The van der Waals surface area contributed by atoms with Crippen LogP contribution in [0.5, 0.6) is 5.75 Å². The number of fused-ring (bicyclic) bond motifs is 1. The van der Waals surface area contributed by atoms with Crippen LogP contribution >= 0.6 is 11.3 Å². The smallest absolute Gasteiger partial charge is 0.315 e. The van der Waals surface area contributed by atoms with Crippen LogP contribution in [0.2, 0.25) is 0 Å². The largest absolute Gasteiger partial charge is 0.491 e. The molecule has 1 unspecified atom stereocenters. The first-order chi connectivity index (χ1) is 10.2. The zero-order valence-corrected chi connectivity index (χ0v) is 12.6. The van der Waals surface area contributed by atoms with Crippen LogP contribution in [0.4, 0.5) is 4.79 Å². The Morgan fingerprint density at radius 2 is 2.33 bits per heavy atom. The maximum absolute atomic E-state index is 11.9. The van der Waals surface area contributed by atoms with E-state index in [1.165, 1.54) is 0 Å². The van der Waals surface area contributed by atoms with Gasteiger partial charge >= 0.3 is 6.03 Å². The number of carbonyl (C=O) groups excluding carboxylic acids is 1. The zero-order valence-electron chi connectivity index (χ0n) is 11.8. The van der Waals surface area contributed by atoms with Crippen LogP contribution in [-0.4, -0.2) is 23.7 Å². The Balaban J connectivity index is 1.51. The summed E-state index contributed by atoms with van der Waals surface area (Å²) in [4.78, 5) is 17.2. The summed E-state index contributed by atoms with van der Waals surface area (Å²) in [6.07, 6.45) is 0.795. The number of rotatable bonds is 3. The molecule has 21 heavy (non-hydrogen) atoms. The van der Waals surface area contributed by atoms with E-state index in [4.69, 9.17) is 4.74 Å². The first-order valence-corrected chi connectivity index (χ1v) is 7.74. The number of para-hydroxylation sites is 1. The molecule has 3 rings (SSSR count). The normalized spacial score (nSPS) is 16.7. The van der Waals surface area contributed by atoms with E-state index in [9.17, 15) is 4.79 Å². The van der Waals surface area contributed by atoms with Gasteiger partial charge < -0.3 is 15.4 Å². The summed E-state index contributed by atoms with van der Waals surface area (Å²) in [6, 6.07) is 7.76. The predicted molar refractivity (Wildman–Crippen MR) is 81.7 cm³/mol. The van der Waals surface area contributed by atoms with Crippen LogP contribution in [0.3, 0.4) is 0 Å². The van der Waals surface area contributed by atoms with Crippen LogP contribution in [-0.2, 0) is 13.0 Å². The lowest BCUT2D eigenvalue weighted by Gasteiger charge is -2.26. The van der Waals surface area contributed by atoms with Gasteiger partial charge in [-0.1, -0.05) is 18.2 Å². The minimum absolute atomic E-state index is 0.00228. The van der Waals surface area contributed by atoms with Gasteiger partial charge in [-0.15, -0.1) is 11.3 Å². The molecule has 0 bridgehead atoms. The molecule has 2 aromatic rings. The van der Waals surface area contributed by atoms with Crippen LogP contribution < -0.4 is 15.4 Å². The van der Waals surface area contributed by atoms with Gasteiger partial charge in [-0.2, -0.15) is 0 Å². The SMILES string of the molecule is Cc1ncsc1CNC(=O)NC1COc2ccccc2C1. The number of urea groups is 1. The van der Waals surface area contributed by atoms with Crippen LogP contribution in [0.15, 0.2) is 29.8 Å². The molecule has 0 fully saturated rings. The van der Waals surface area contributed by atoms with Crippen molar-refractivity contribution >= 4 is 17.4 Å². The topological polar surface area (TPSA) is 63.2 Å². The van der Waals surface area contributed by atoms with Crippen molar-refractivity contribution in [3.63, 3.8) is 0 Å². The highest BCUT2D eigenvalue weighted by Gasteiger charge is 2.20. The lowest BCUT2D eigenvalue weighted by molar-refractivity contribution is 0.214. The molecule has 0 saturated heterocycles. The second kappa shape index (κ2) is 6.13. The average molecular weight is 303 g/mol. The van der Waals surface area contributed by atoms with Gasteiger partial charge in [0.1, 0.15) is 12.4 Å². The summed E-state index contributed by atoms with van der Waals surface area (Å²) < 4.78 is 5.66. The van der Waals surface area contributed by atoms with E-state index in [2.05, 4.69) is 15.6 Å². The van der Waals surface area contributed by atoms with Crippen molar-refractivity contribution in [2.24, 2.45) is 0 Å². The molecule has 5 nitrogen and oxygen atoms in total. The number of aromatic nitrogens is 1. The molecule has 0 spiro atoms. The molecule has 6 heteroatoms. The molecule has 2 amide bonds. The quantitative estimate of drug-likeness (QED) is 0.914. The van der Waals surface area contributed by atoms with E-state index in [0.717, 1.165) is 28.3 Å². The summed E-state index contributed by atoms with van der Waals surface area (Å²) in [5, 5.41) is 5.81. The summed E-state index contributed by atoms with van der Waals surface area (Å²) in [5.74, 6) is 0.913. The highest BCUT2D eigenvalue weighted by molar-refractivity contribution is 7.09. The van der Waals surface area contributed by atoms with Crippen molar-refractivity contribution in [1.82, 2.24) is 15.6 Å².